The number of carbonyl (C=O) groups is 2. The fourth-order valence-electron chi connectivity index (χ4n) is 3.95. The van der Waals surface area contributed by atoms with Crippen molar-refractivity contribution in [2.24, 2.45) is 16.6 Å². The van der Waals surface area contributed by atoms with E-state index in [4.69, 9.17) is 5.73 Å². The van der Waals surface area contributed by atoms with Gasteiger partial charge in [0, 0.05) is 35.0 Å². The lowest BCUT2D eigenvalue weighted by Crippen LogP contribution is -2.51. The second-order valence-electron chi connectivity index (χ2n) is 11.7. The predicted octanol–water partition coefficient (Wildman–Crippen LogP) is 5.13. The Balaban J connectivity index is 2.84. The van der Waals surface area contributed by atoms with Crippen molar-refractivity contribution in [3.8, 4) is 0 Å². The van der Waals surface area contributed by atoms with Crippen LogP contribution in [-0.2, 0) is 10.2 Å². The molecule has 1 atom stereocenters. The molecule has 6 nitrogen and oxygen atoms in total. The molecular formula is C26H46N4O2S. The fourth-order valence-corrected chi connectivity index (χ4v) is 4.20. The smallest absolute Gasteiger partial charge is 0.319 e. The highest BCUT2D eigenvalue weighted by atomic mass is 32.2. The Kier molecular flexibility index (Phi) is 9.88. The average molecular weight is 479 g/mol. The Bertz CT molecular complexity index is 796. The van der Waals surface area contributed by atoms with Crippen molar-refractivity contribution in [3.05, 3.63) is 29.8 Å². The summed E-state index contributed by atoms with van der Waals surface area (Å²) in [5.74, 6) is 0.0138. The molecule has 3 amide bonds. The number of hydrogen-bond acceptors (Lipinski definition) is 4. The second-order valence-corrected chi connectivity index (χ2v) is 13.0. The van der Waals surface area contributed by atoms with Gasteiger partial charge >= 0.3 is 6.03 Å². The summed E-state index contributed by atoms with van der Waals surface area (Å²) in [4.78, 5) is 25.4. The van der Waals surface area contributed by atoms with Crippen LogP contribution in [0.25, 0.3) is 0 Å². The van der Waals surface area contributed by atoms with Gasteiger partial charge in [-0.15, -0.1) is 0 Å². The Hall–Kier alpha value is -1.73. The van der Waals surface area contributed by atoms with Gasteiger partial charge in [0.1, 0.15) is 0 Å². The van der Waals surface area contributed by atoms with Gasteiger partial charge in [0.2, 0.25) is 5.91 Å². The SMILES string of the molecule is CSC(C)CNC(=O)Nc1ccc(C(C)(C)C(C)(C)C(=O)NCC(C)(C)CC(C)(C)N)cc1. The molecule has 5 N–H and O–H groups in total. The molecule has 0 aliphatic rings. The summed E-state index contributed by atoms with van der Waals surface area (Å²) >= 11 is 1.71. The van der Waals surface area contributed by atoms with Gasteiger partial charge in [-0.25, -0.2) is 4.79 Å². The minimum Gasteiger partial charge on any atom is -0.355 e. The van der Waals surface area contributed by atoms with Crippen molar-refractivity contribution >= 4 is 29.4 Å². The molecule has 0 saturated heterocycles. The number of amides is 3. The van der Waals surface area contributed by atoms with Crippen molar-refractivity contribution in [1.29, 1.82) is 0 Å². The van der Waals surface area contributed by atoms with E-state index in [1.165, 1.54) is 0 Å². The van der Waals surface area contributed by atoms with Gasteiger partial charge in [0.25, 0.3) is 0 Å². The summed E-state index contributed by atoms with van der Waals surface area (Å²) in [6.07, 6.45) is 2.83. The molecule has 1 aromatic rings. The molecule has 0 spiro atoms. The third kappa shape index (κ3) is 8.85. The van der Waals surface area contributed by atoms with Crippen LogP contribution in [0.1, 0.15) is 74.3 Å². The lowest BCUT2D eigenvalue weighted by atomic mass is 9.63. The Labute approximate surface area is 205 Å². The van der Waals surface area contributed by atoms with Crippen molar-refractivity contribution in [2.45, 2.75) is 84.9 Å². The second kappa shape index (κ2) is 11.1. The highest BCUT2D eigenvalue weighted by molar-refractivity contribution is 7.99. The van der Waals surface area contributed by atoms with Gasteiger partial charge in [-0.3, -0.25) is 4.79 Å². The topological polar surface area (TPSA) is 96.2 Å². The van der Waals surface area contributed by atoms with Gasteiger partial charge < -0.3 is 21.7 Å². The molecule has 0 aliphatic carbocycles. The van der Waals surface area contributed by atoms with E-state index in [1.807, 2.05) is 58.2 Å². The molecule has 1 unspecified atom stereocenters. The van der Waals surface area contributed by atoms with Crippen LogP contribution in [0.3, 0.4) is 0 Å². The molecule has 0 radical (unpaired) electrons. The Morgan fingerprint density at radius 2 is 1.52 bits per heavy atom. The average Bonchev–Trinajstić information content (AvgIpc) is 2.68. The molecule has 0 bridgehead atoms. The van der Waals surface area contributed by atoms with Gasteiger partial charge in [-0.05, 0) is 49.6 Å². The van der Waals surface area contributed by atoms with Gasteiger partial charge in [0.05, 0.1) is 5.41 Å². The van der Waals surface area contributed by atoms with E-state index < -0.39 is 10.8 Å². The summed E-state index contributed by atoms with van der Waals surface area (Å²) in [7, 11) is 0. The molecule has 7 heteroatoms. The summed E-state index contributed by atoms with van der Waals surface area (Å²) in [5, 5.41) is 9.27. The van der Waals surface area contributed by atoms with Gasteiger partial charge in [-0.2, -0.15) is 11.8 Å². The zero-order valence-electron chi connectivity index (χ0n) is 22.3. The molecular weight excluding hydrogens is 432 g/mol. The van der Waals surface area contributed by atoms with E-state index in [9.17, 15) is 9.59 Å². The van der Waals surface area contributed by atoms with Crippen LogP contribution in [-0.4, -0.2) is 42.1 Å². The molecule has 188 valence electrons. The van der Waals surface area contributed by atoms with Crippen molar-refractivity contribution in [1.82, 2.24) is 10.6 Å². The first kappa shape index (κ1) is 29.3. The molecule has 1 aromatic carbocycles. The number of nitrogens with two attached hydrogens (primary N) is 1. The molecule has 0 aromatic heterocycles. The van der Waals surface area contributed by atoms with Crippen molar-refractivity contribution in [2.75, 3.05) is 24.7 Å². The molecule has 0 saturated carbocycles. The summed E-state index contributed by atoms with van der Waals surface area (Å²) in [6.45, 7) is 19.7. The van der Waals surface area contributed by atoms with Crippen LogP contribution in [0.15, 0.2) is 24.3 Å². The number of anilines is 1. The largest absolute Gasteiger partial charge is 0.355 e. The summed E-state index contributed by atoms with van der Waals surface area (Å²) < 4.78 is 0. The van der Waals surface area contributed by atoms with E-state index in [-0.39, 0.29) is 22.9 Å². The number of urea groups is 1. The zero-order chi connectivity index (χ0) is 25.7. The third-order valence-corrected chi connectivity index (χ3v) is 7.58. The van der Waals surface area contributed by atoms with Crippen LogP contribution >= 0.6 is 11.8 Å². The standard InChI is InChI=1S/C26H46N4O2S/c1-18(33-10)15-28-22(32)30-20-13-11-19(12-14-20)25(6,7)26(8,9)21(31)29-17-23(2,3)16-24(4,5)27/h11-14,18H,15-17,27H2,1-10H3,(H,29,31)(H2,28,30,32). The molecule has 1 rings (SSSR count). The minimum absolute atomic E-state index is 0.0138. The Morgan fingerprint density at radius 3 is 2.00 bits per heavy atom. The number of thioether (sulfide) groups is 1. The third-order valence-electron chi connectivity index (χ3n) is 6.61. The maximum Gasteiger partial charge on any atom is 0.319 e. The van der Waals surface area contributed by atoms with Crippen LogP contribution in [0.5, 0.6) is 0 Å². The van der Waals surface area contributed by atoms with Gasteiger partial charge in [0.15, 0.2) is 0 Å². The van der Waals surface area contributed by atoms with Gasteiger partial charge in [-0.1, -0.05) is 60.6 Å². The number of rotatable bonds is 11. The maximum absolute atomic E-state index is 13.3. The van der Waals surface area contributed by atoms with E-state index in [2.05, 4.69) is 50.6 Å². The Morgan fingerprint density at radius 1 is 0.970 bits per heavy atom. The highest BCUT2D eigenvalue weighted by Gasteiger charge is 2.44. The summed E-state index contributed by atoms with van der Waals surface area (Å²) in [6, 6.07) is 7.52. The maximum atomic E-state index is 13.3. The number of carbonyl (C=O) groups excluding carboxylic acids is 2. The molecule has 33 heavy (non-hydrogen) atoms. The van der Waals surface area contributed by atoms with Crippen molar-refractivity contribution < 1.29 is 9.59 Å². The molecule has 0 fully saturated rings. The van der Waals surface area contributed by atoms with Crippen LogP contribution in [0.2, 0.25) is 0 Å². The van der Waals surface area contributed by atoms with E-state index in [1.54, 1.807) is 11.8 Å². The van der Waals surface area contributed by atoms with Crippen LogP contribution in [0, 0.1) is 10.8 Å². The first-order chi connectivity index (χ1) is 14.9. The molecule has 0 aliphatic heterocycles. The first-order valence-electron chi connectivity index (χ1n) is 11.7. The normalized spacial score (nSPS) is 13.9. The van der Waals surface area contributed by atoms with E-state index in [0.717, 1.165) is 17.7 Å². The predicted molar refractivity (Wildman–Crippen MR) is 143 cm³/mol. The van der Waals surface area contributed by atoms with Crippen LogP contribution in [0.4, 0.5) is 10.5 Å². The monoisotopic (exact) mass is 478 g/mol. The number of benzene rings is 1. The summed E-state index contributed by atoms with van der Waals surface area (Å²) in [5.41, 5.74) is 6.48. The zero-order valence-corrected chi connectivity index (χ0v) is 23.1. The minimum atomic E-state index is -0.651. The number of hydrogen-bond donors (Lipinski definition) is 4. The highest BCUT2D eigenvalue weighted by Crippen LogP contribution is 2.42. The quantitative estimate of drug-likeness (QED) is 0.354. The van der Waals surface area contributed by atoms with E-state index in [0.29, 0.717) is 18.3 Å². The number of nitrogens with one attached hydrogen (secondary N) is 3. The fraction of sp³-hybridized carbons (Fsp3) is 0.692. The van der Waals surface area contributed by atoms with Crippen molar-refractivity contribution in [3.63, 3.8) is 0 Å². The lowest BCUT2D eigenvalue weighted by Gasteiger charge is -2.42. The van der Waals surface area contributed by atoms with Crippen LogP contribution < -0.4 is 21.7 Å². The van der Waals surface area contributed by atoms with E-state index >= 15 is 0 Å². The lowest BCUT2D eigenvalue weighted by molar-refractivity contribution is -0.133. The first-order valence-corrected chi connectivity index (χ1v) is 13.0. The molecule has 0 heterocycles.